The van der Waals surface area contributed by atoms with Crippen molar-refractivity contribution >= 4 is 17.3 Å². The highest BCUT2D eigenvalue weighted by atomic mass is 15.5. The molecular formula is C19H22N6. The summed E-state index contributed by atoms with van der Waals surface area (Å²) in [4.78, 5) is 13.4. The third kappa shape index (κ3) is 3.91. The van der Waals surface area contributed by atoms with E-state index in [-0.39, 0.29) is 0 Å². The van der Waals surface area contributed by atoms with Crippen molar-refractivity contribution in [1.82, 2.24) is 15.3 Å². The van der Waals surface area contributed by atoms with Crippen molar-refractivity contribution in [3.8, 4) is 0 Å². The minimum absolute atomic E-state index is 0.540. The maximum atomic E-state index is 4.65. The van der Waals surface area contributed by atoms with E-state index in [2.05, 4.69) is 44.6 Å². The summed E-state index contributed by atoms with van der Waals surface area (Å²) in [6.07, 6.45) is 7.47. The molecule has 128 valence electrons. The molecule has 3 heterocycles. The molecule has 6 heteroatoms. The number of nitrogens with zero attached hydrogens (tertiary/aromatic N) is 5. The maximum absolute atomic E-state index is 4.65. The molecule has 3 rings (SSSR count). The Kier molecular flexibility index (Phi) is 4.88. The number of aryl methyl sites for hydroxylation is 1. The molecule has 0 atom stereocenters. The van der Waals surface area contributed by atoms with Crippen LogP contribution in [0.5, 0.6) is 0 Å². The number of nitrogens with one attached hydrogen (secondary N) is 1. The van der Waals surface area contributed by atoms with Crippen molar-refractivity contribution in [2.24, 2.45) is 15.1 Å². The van der Waals surface area contributed by atoms with Gasteiger partial charge in [0.25, 0.3) is 0 Å². The molecule has 2 aliphatic rings. The molecule has 25 heavy (non-hydrogen) atoms. The lowest BCUT2D eigenvalue weighted by molar-refractivity contribution is 0.398. The number of rotatable bonds is 6. The van der Waals surface area contributed by atoms with Crippen molar-refractivity contribution < 1.29 is 0 Å². The van der Waals surface area contributed by atoms with Gasteiger partial charge in [-0.3, -0.25) is 15.0 Å². The number of allylic oxidation sites excluding steroid dienone is 1. The second-order valence-corrected chi connectivity index (χ2v) is 5.95. The van der Waals surface area contributed by atoms with E-state index in [1.54, 1.807) is 0 Å². The fourth-order valence-corrected chi connectivity index (χ4v) is 2.59. The number of amidine groups is 1. The van der Waals surface area contributed by atoms with Gasteiger partial charge in [0.2, 0.25) is 0 Å². The highest BCUT2D eigenvalue weighted by molar-refractivity contribution is 6.49. The van der Waals surface area contributed by atoms with Crippen LogP contribution < -0.4 is 5.32 Å². The Morgan fingerprint density at radius 1 is 1.32 bits per heavy atom. The molecule has 0 spiro atoms. The lowest BCUT2D eigenvalue weighted by Gasteiger charge is -2.24. The number of pyridine rings is 1. The third-order valence-corrected chi connectivity index (χ3v) is 3.82. The lowest BCUT2D eigenvalue weighted by Crippen LogP contribution is -2.29. The van der Waals surface area contributed by atoms with Crippen LogP contribution in [-0.4, -0.2) is 46.9 Å². The summed E-state index contributed by atoms with van der Waals surface area (Å²) in [5.41, 5.74) is 5.45. The van der Waals surface area contributed by atoms with Crippen LogP contribution in [0, 0.1) is 6.92 Å². The van der Waals surface area contributed by atoms with Gasteiger partial charge in [0.1, 0.15) is 5.71 Å². The molecule has 2 aliphatic heterocycles. The molecule has 0 aromatic carbocycles. The van der Waals surface area contributed by atoms with Crippen LogP contribution >= 0.6 is 0 Å². The van der Waals surface area contributed by atoms with Gasteiger partial charge >= 0.3 is 0 Å². The predicted molar refractivity (Wildman–Crippen MR) is 103 cm³/mol. The second-order valence-electron chi connectivity index (χ2n) is 5.95. The van der Waals surface area contributed by atoms with Crippen LogP contribution in [0.4, 0.5) is 0 Å². The van der Waals surface area contributed by atoms with Crippen molar-refractivity contribution in [3.63, 3.8) is 0 Å². The van der Waals surface area contributed by atoms with Crippen LogP contribution in [0.15, 0.2) is 70.3 Å². The maximum Gasteiger partial charge on any atom is 0.176 e. The fourth-order valence-electron chi connectivity index (χ4n) is 2.59. The summed E-state index contributed by atoms with van der Waals surface area (Å²) >= 11 is 0. The van der Waals surface area contributed by atoms with E-state index in [9.17, 15) is 0 Å². The Morgan fingerprint density at radius 2 is 2.16 bits per heavy atom. The van der Waals surface area contributed by atoms with Gasteiger partial charge in [-0.05, 0) is 37.6 Å². The standard InChI is InChI=1S/C19H22N6/c1-5-21-14(3)12-25-15(4)6-7-17(24-25)19-22-11-18(23-19)16-8-13(2)9-20-10-16/h6-10,21H,3-5,11-12H2,1-2H3. The summed E-state index contributed by atoms with van der Waals surface area (Å²) in [5, 5.41) is 9.63. The molecule has 0 radical (unpaired) electrons. The van der Waals surface area contributed by atoms with E-state index in [1.165, 1.54) is 0 Å². The first kappa shape index (κ1) is 16.8. The molecule has 0 bridgehead atoms. The zero-order valence-electron chi connectivity index (χ0n) is 14.7. The average Bonchev–Trinajstić information content (AvgIpc) is 3.07. The van der Waals surface area contributed by atoms with Gasteiger partial charge < -0.3 is 5.32 Å². The van der Waals surface area contributed by atoms with E-state index >= 15 is 0 Å². The molecule has 0 unspecified atom stereocenters. The largest absolute Gasteiger partial charge is 0.388 e. The first-order chi connectivity index (χ1) is 12.1. The zero-order valence-corrected chi connectivity index (χ0v) is 14.7. The summed E-state index contributed by atoms with van der Waals surface area (Å²) in [7, 11) is 0. The third-order valence-electron chi connectivity index (χ3n) is 3.82. The number of hydrazone groups is 1. The SMILES string of the molecule is C=C(CN1N=C(C2=NCC(c3cncc(C)c3)=N2)C=CC1=C)NCC. The van der Waals surface area contributed by atoms with Crippen molar-refractivity contribution in [3.05, 3.63) is 66.3 Å². The van der Waals surface area contributed by atoms with Gasteiger partial charge in [0, 0.05) is 30.2 Å². The minimum Gasteiger partial charge on any atom is -0.388 e. The van der Waals surface area contributed by atoms with Gasteiger partial charge in [-0.15, -0.1) is 0 Å². The topological polar surface area (TPSA) is 65.2 Å². The molecule has 1 N–H and O–H groups in total. The quantitative estimate of drug-likeness (QED) is 0.869. The molecule has 1 aromatic heterocycles. The number of hydrogen-bond acceptors (Lipinski definition) is 6. The molecule has 0 saturated carbocycles. The monoisotopic (exact) mass is 334 g/mol. The summed E-state index contributed by atoms with van der Waals surface area (Å²) in [6, 6.07) is 2.07. The number of aromatic nitrogens is 1. The van der Waals surface area contributed by atoms with E-state index in [0.717, 1.165) is 40.5 Å². The normalized spacial score (nSPS) is 16.5. The first-order valence-electron chi connectivity index (χ1n) is 8.26. The smallest absolute Gasteiger partial charge is 0.176 e. The molecule has 0 saturated heterocycles. The van der Waals surface area contributed by atoms with Crippen molar-refractivity contribution in [1.29, 1.82) is 0 Å². The molecule has 0 amide bonds. The van der Waals surface area contributed by atoms with E-state index in [0.29, 0.717) is 18.9 Å². The summed E-state index contributed by atoms with van der Waals surface area (Å²) < 4.78 is 0. The number of hydrogen-bond donors (Lipinski definition) is 1. The van der Waals surface area contributed by atoms with Gasteiger partial charge in [-0.25, -0.2) is 4.99 Å². The summed E-state index contributed by atoms with van der Waals surface area (Å²) in [5.74, 6) is 0.638. The zero-order chi connectivity index (χ0) is 17.8. The Balaban J connectivity index is 1.78. The predicted octanol–water partition coefficient (Wildman–Crippen LogP) is 2.46. The van der Waals surface area contributed by atoms with Gasteiger partial charge in [0.15, 0.2) is 5.84 Å². The fraction of sp³-hybridized carbons (Fsp3) is 0.263. The Hall–Kier alpha value is -3.02. The van der Waals surface area contributed by atoms with Crippen LogP contribution in [0.25, 0.3) is 0 Å². The van der Waals surface area contributed by atoms with Crippen LogP contribution in [0.2, 0.25) is 0 Å². The second kappa shape index (κ2) is 7.25. The average molecular weight is 334 g/mol. The summed E-state index contributed by atoms with van der Waals surface area (Å²) in [6.45, 7) is 14.0. The molecule has 1 aromatic rings. The minimum atomic E-state index is 0.540. The highest BCUT2D eigenvalue weighted by Gasteiger charge is 2.20. The number of aliphatic imine (C=N–C) groups is 2. The van der Waals surface area contributed by atoms with Crippen LogP contribution in [-0.2, 0) is 0 Å². The molecule has 0 aliphatic carbocycles. The Labute approximate surface area is 148 Å². The molecule has 0 fully saturated rings. The van der Waals surface area contributed by atoms with Crippen molar-refractivity contribution in [2.45, 2.75) is 13.8 Å². The van der Waals surface area contributed by atoms with Gasteiger partial charge in [-0.1, -0.05) is 13.2 Å². The Morgan fingerprint density at radius 3 is 2.92 bits per heavy atom. The Bertz CT molecular complexity index is 828. The van der Waals surface area contributed by atoms with Gasteiger partial charge in [0.05, 0.1) is 24.5 Å². The lowest BCUT2D eigenvalue weighted by atomic mass is 10.1. The van der Waals surface area contributed by atoms with E-state index in [1.807, 2.05) is 43.4 Å². The van der Waals surface area contributed by atoms with E-state index < -0.39 is 0 Å². The molecule has 6 nitrogen and oxygen atoms in total. The van der Waals surface area contributed by atoms with Crippen LogP contribution in [0.1, 0.15) is 18.1 Å². The number of likely N-dealkylation sites (N-methyl/N-ethyl adjacent to an activating group) is 1. The van der Waals surface area contributed by atoms with Gasteiger partial charge in [-0.2, -0.15) is 5.10 Å². The van der Waals surface area contributed by atoms with Crippen molar-refractivity contribution in [2.75, 3.05) is 19.6 Å². The van der Waals surface area contributed by atoms with Crippen LogP contribution in [0.3, 0.4) is 0 Å². The first-order valence-corrected chi connectivity index (χ1v) is 8.26. The highest BCUT2D eigenvalue weighted by Crippen LogP contribution is 2.16. The molecular weight excluding hydrogens is 312 g/mol. The van der Waals surface area contributed by atoms with E-state index in [4.69, 9.17) is 0 Å².